The van der Waals surface area contributed by atoms with Crippen molar-refractivity contribution in [3.05, 3.63) is 10.2 Å². The molecule has 1 fully saturated rings. The van der Waals surface area contributed by atoms with Crippen LogP contribution in [-0.4, -0.2) is 43.2 Å². The lowest BCUT2D eigenvalue weighted by Crippen LogP contribution is -2.37. The van der Waals surface area contributed by atoms with Crippen LogP contribution in [0.4, 0.5) is 0 Å². The fourth-order valence-electron chi connectivity index (χ4n) is 1.69. The number of nitrogens with one attached hydrogen (secondary N) is 1. The fraction of sp³-hybridized carbons (Fsp3) is 0.556. The van der Waals surface area contributed by atoms with Gasteiger partial charge in [0.2, 0.25) is 5.91 Å². The maximum absolute atomic E-state index is 12.4. The SMILES string of the molecule is Cc1nc(Cl)sc1S(=O)(=O)N1CCCNC(=O)C1. The molecule has 2 rings (SSSR count). The zero-order valence-electron chi connectivity index (χ0n) is 9.64. The van der Waals surface area contributed by atoms with Crippen molar-refractivity contribution in [2.45, 2.75) is 17.6 Å². The molecule has 1 saturated heterocycles. The summed E-state index contributed by atoms with van der Waals surface area (Å²) in [6.45, 7) is 2.24. The molecular weight excluding hydrogens is 298 g/mol. The number of rotatable bonds is 2. The summed E-state index contributed by atoms with van der Waals surface area (Å²) in [6, 6.07) is 0. The summed E-state index contributed by atoms with van der Waals surface area (Å²) in [5.74, 6) is -0.288. The summed E-state index contributed by atoms with van der Waals surface area (Å²) in [5, 5.41) is 2.63. The summed E-state index contributed by atoms with van der Waals surface area (Å²) in [7, 11) is -3.68. The Morgan fingerprint density at radius 1 is 1.50 bits per heavy atom. The zero-order chi connectivity index (χ0) is 13.3. The number of thiazole rings is 1. The van der Waals surface area contributed by atoms with Crippen molar-refractivity contribution >= 4 is 38.9 Å². The third-order valence-electron chi connectivity index (χ3n) is 2.53. The van der Waals surface area contributed by atoms with E-state index in [-0.39, 0.29) is 21.1 Å². The first-order valence-electron chi connectivity index (χ1n) is 5.31. The Hall–Kier alpha value is -0.700. The Kier molecular flexibility index (Phi) is 3.90. The number of amides is 1. The zero-order valence-corrected chi connectivity index (χ0v) is 12.0. The first-order valence-corrected chi connectivity index (χ1v) is 7.94. The van der Waals surface area contributed by atoms with Crippen LogP contribution in [-0.2, 0) is 14.8 Å². The predicted octanol–water partition coefficient (Wildman–Crippen LogP) is 0.616. The quantitative estimate of drug-likeness (QED) is 0.868. The van der Waals surface area contributed by atoms with Gasteiger partial charge in [0, 0.05) is 13.1 Å². The van der Waals surface area contributed by atoms with Crippen molar-refractivity contribution in [2.24, 2.45) is 0 Å². The van der Waals surface area contributed by atoms with Gasteiger partial charge in [0.25, 0.3) is 10.0 Å². The molecule has 2 heterocycles. The average molecular weight is 310 g/mol. The number of halogens is 1. The van der Waals surface area contributed by atoms with Crippen LogP contribution in [0.5, 0.6) is 0 Å². The van der Waals surface area contributed by atoms with Crippen molar-refractivity contribution < 1.29 is 13.2 Å². The molecule has 1 aromatic heterocycles. The lowest BCUT2D eigenvalue weighted by Gasteiger charge is -2.17. The van der Waals surface area contributed by atoms with Crippen LogP contribution in [0.25, 0.3) is 0 Å². The second-order valence-corrected chi connectivity index (χ2v) is 7.60. The van der Waals surface area contributed by atoms with Crippen LogP contribution in [0.15, 0.2) is 4.21 Å². The van der Waals surface area contributed by atoms with Gasteiger partial charge in [0.15, 0.2) is 8.68 Å². The topological polar surface area (TPSA) is 79.4 Å². The minimum absolute atomic E-state index is 0.113. The van der Waals surface area contributed by atoms with E-state index in [0.717, 1.165) is 11.3 Å². The molecule has 0 unspecified atom stereocenters. The Morgan fingerprint density at radius 3 is 2.83 bits per heavy atom. The summed E-state index contributed by atoms with van der Waals surface area (Å²) >= 11 is 6.63. The van der Waals surface area contributed by atoms with Gasteiger partial charge in [0.05, 0.1) is 12.2 Å². The molecule has 0 aliphatic carbocycles. The average Bonchev–Trinajstić information content (AvgIpc) is 2.50. The van der Waals surface area contributed by atoms with Crippen molar-refractivity contribution in [2.75, 3.05) is 19.6 Å². The second kappa shape index (κ2) is 5.12. The number of aromatic nitrogens is 1. The standard InChI is InChI=1S/C9H12ClN3O3S2/c1-6-8(17-9(10)12-6)18(15,16)13-4-2-3-11-7(14)5-13/h2-5H2,1H3,(H,11,14). The van der Waals surface area contributed by atoms with Crippen LogP contribution in [0.3, 0.4) is 0 Å². The molecule has 6 nitrogen and oxygen atoms in total. The van der Waals surface area contributed by atoms with Gasteiger partial charge in [0.1, 0.15) is 0 Å². The Labute approximate surface area is 114 Å². The first-order chi connectivity index (χ1) is 8.41. The van der Waals surface area contributed by atoms with Crippen molar-refractivity contribution in [1.29, 1.82) is 0 Å². The van der Waals surface area contributed by atoms with Gasteiger partial charge in [-0.2, -0.15) is 4.31 Å². The Bertz CT molecular complexity index is 570. The van der Waals surface area contributed by atoms with Gasteiger partial charge in [-0.25, -0.2) is 13.4 Å². The van der Waals surface area contributed by atoms with Crippen LogP contribution in [0.2, 0.25) is 4.47 Å². The highest BCUT2D eigenvalue weighted by molar-refractivity contribution is 7.91. The van der Waals surface area contributed by atoms with E-state index < -0.39 is 10.0 Å². The molecule has 100 valence electrons. The van der Waals surface area contributed by atoms with Gasteiger partial charge < -0.3 is 5.32 Å². The highest BCUT2D eigenvalue weighted by Gasteiger charge is 2.31. The van der Waals surface area contributed by atoms with Crippen LogP contribution in [0, 0.1) is 6.92 Å². The van der Waals surface area contributed by atoms with Crippen LogP contribution < -0.4 is 5.32 Å². The fourth-order valence-corrected chi connectivity index (χ4v) is 5.00. The summed E-state index contributed by atoms with van der Waals surface area (Å²) in [4.78, 5) is 15.3. The normalized spacial score (nSPS) is 18.4. The van der Waals surface area contributed by atoms with Gasteiger partial charge >= 0.3 is 0 Å². The molecule has 0 radical (unpaired) electrons. The predicted molar refractivity (Wildman–Crippen MR) is 68.2 cm³/mol. The van der Waals surface area contributed by atoms with Crippen molar-refractivity contribution in [3.8, 4) is 0 Å². The first kappa shape index (κ1) is 13.7. The third kappa shape index (κ3) is 2.66. The van der Waals surface area contributed by atoms with Gasteiger partial charge in [-0.15, -0.1) is 0 Å². The lowest BCUT2D eigenvalue weighted by atomic mass is 10.4. The van der Waals surface area contributed by atoms with E-state index in [2.05, 4.69) is 10.3 Å². The van der Waals surface area contributed by atoms with E-state index in [9.17, 15) is 13.2 Å². The highest BCUT2D eigenvalue weighted by atomic mass is 35.5. The number of carbonyl (C=O) groups excluding carboxylic acids is 1. The minimum atomic E-state index is -3.68. The molecule has 1 N–H and O–H groups in total. The van der Waals surface area contributed by atoms with Gasteiger partial charge in [-0.05, 0) is 13.3 Å². The van der Waals surface area contributed by atoms with Crippen molar-refractivity contribution in [3.63, 3.8) is 0 Å². The smallest absolute Gasteiger partial charge is 0.254 e. The molecular formula is C9H12ClN3O3S2. The second-order valence-electron chi connectivity index (χ2n) is 3.88. The molecule has 0 bridgehead atoms. The van der Waals surface area contributed by atoms with Crippen molar-refractivity contribution in [1.82, 2.24) is 14.6 Å². The van der Waals surface area contributed by atoms with Crippen LogP contribution >= 0.6 is 22.9 Å². The van der Waals surface area contributed by atoms with E-state index >= 15 is 0 Å². The largest absolute Gasteiger partial charge is 0.355 e. The molecule has 0 atom stereocenters. The molecule has 1 aromatic rings. The number of sulfonamides is 1. The monoisotopic (exact) mass is 309 g/mol. The molecule has 9 heteroatoms. The maximum Gasteiger partial charge on any atom is 0.254 e. The van der Waals surface area contributed by atoms with E-state index in [0.29, 0.717) is 25.2 Å². The van der Waals surface area contributed by atoms with E-state index in [1.54, 1.807) is 6.92 Å². The molecule has 18 heavy (non-hydrogen) atoms. The summed E-state index contributed by atoms with van der Waals surface area (Å²) in [6.07, 6.45) is 0.594. The number of aryl methyl sites for hydroxylation is 1. The van der Waals surface area contributed by atoms with E-state index in [4.69, 9.17) is 11.6 Å². The third-order valence-corrected chi connectivity index (χ3v) is 6.22. The molecule has 1 aliphatic heterocycles. The van der Waals surface area contributed by atoms with E-state index in [1.807, 2.05) is 0 Å². The Morgan fingerprint density at radius 2 is 2.22 bits per heavy atom. The van der Waals surface area contributed by atoms with E-state index in [1.165, 1.54) is 4.31 Å². The lowest BCUT2D eigenvalue weighted by molar-refractivity contribution is -0.120. The minimum Gasteiger partial charge on any atom is -0.355 e. The maximum atomic E-state index is 12.4. The molecule has 1 amide bonds. The van der Waals surface area contributed by atoms with Gasteiger partial charge in [-0.1, -0.05) is 22.9 Å². The number of hydrogen-bond donors (Lipinski definition) is 1. The number of carbonyl (C=O) groups is 1. The molecule has 0 saturated carbocycles. The molecule has 0 spiro atoms. The number of nitrogens with zero attached hydrogens (tertiary/aromatic N) is 2. The highest BCUT2D eigenvalue weighted by Crippen LogP contribution is 2.29. The summed E-state index contributed by atoms with van der Waals surface area (Å²) < 4.78 is 26.2. The molecule has 1 aliphatic rings. The van der Waals surface area contributed by atoms with Gasteiger partial charge in [-0.3, -0.25) is 4.79 Å². The number of hydrogen-bond acceptors (Lipinski definition) is 5. The molecule has 0 aromatic carbocycles. The summed E-state index contributed by atoms with van der Waals surface area (Å²) in [5.41, 5.74) is 0.370. The Balaban J connectivity index is 2.35. The van der Waals surface area contributed by atoms with Crippen LogP contribution in [0.1, 0.15) is 12.1 Å².